The number of benzene rings is 2. The molecule has 2 aromatic carbocycles. The van der Waals surface area contributed by atoms with Crippen LogP contribution in [0.1, 0.15) is 48.6 Å². The Morgan fingerprint density at radius 1 is 1.10 bits per heavy atom. The summed E-state index contributed by atoms with van der Waals surface area (Å²) in [5, 5.41) is 28.8. The molecule has 0 aliphatic carbocycles. The van der Waals surface area contributed by atoms with Gasteiger partial charge in [0.2, 0.25) is 0 Å². The molecule has 0 aliphatic heterocycles. The van der Waals surface area contributed by atoms with Crippen molar-refractivity contribution in [2.24, 2.45) is 10.4 Å². The minimum absolute atomic E-state index is 0.0464. The monoisotopic (exact) mass is 528 g/mol. The summed E-state index contributed by atoms with van der Waals surface area (Å²) in [4.78, 5) is 20.9. The number of rotatable bonds is 7. The van der Waals surface area contributed by atoms with E-state index in [1.54, 1.807) is 6.20 Å². The SMILES string of the molecule is COC(=NC(=N)C(C)(C)C)C(=O)NCc1ccc(C(=N)c2cc(-c3ccc(CCO)cc3)cnc2N)cc1C. The number of hydrogen-bond acceptors (Lipinski definition) is 7. The Labute approximate surface area is 229 Å². The average molecular weight is 529 g/mol. The number of aliphatic hydroxyl groups is 1. The molecule has 6 N–H and O–H groups in total. The molecule has 0 unspecified atom stereocenters. The minimum Gasteiger partial charge on any atom is -0.477 e. The number of ether oxygens (including phenoxy) is 1. The van der Waals surface area contributed by atoms with Gasteiger partial charge in [-0.15, -0.1) is 0 Å². The lowest BCUT2D eigenvalue weighted by atomic mass is 9.95. The molecule has 9 nitrogen and oxygen atoms in total. The van der Waals surface area contributed by atoms with Gasteiger partial charge in [-0.3, -0.25) is 15.6 Å². The van der Waals surface area contributed by atoms with Crippen LogP contribution in [-0.2, 0) is 22.5 Å². The highest BCUT2D eigenvalue weighted by Crippen LogP contribution is 2.25. The van der Waals surface area contributed by atoms with Gasteiger partial charge in [0.25, 0.3) is 5.90 Å². The highest BCUT2D eigenvalue weighted by molar-refractivity contribution is 6.37. The van der Waals surface area contributed by atoms with Gasteiger partial charge in [0.05, 0.1) is 12.8 Å². The van der Waals surface area contributed by atoms with E-state index in [1.807, 2.05) is 76.2 Å². The summed E-state index contributed by atoms with van der Waals surface area (Å²) in [5.74, 6) is -0.369. The standard InChI is InChI=1S/C30H36N6O3/c1-18-14-21(10-11-22(18)16-35-27(38)28(39-5)36-29(33)30(2,3)4)25(31)24-15-23(17-34-26(24)32)20-8-6-19(7-9-20)12-13-37/h6-11,14-15,17,31,33,37H,12-13,16H2,1-5H3,(H2,32,34)(H,35,38). The molecule has 0 saturated carbocycles. The van der Waals surface area contributed by atoms with Crippen LogP contribution in [0.2, 0.25) is 0 Å². The lowest BCUT2D eigenvalue weighted by Gasteiger charge is -2.16. The van der Waals surface area contributed by atoms with Crippen molar-refractivity contribution in [1.82, 2.24) is 10.3 Å². The van der Waals surface area contributed by atoms with Crippen LogP contribution in [0.4, 0.5) is 5.82 Å². The number of aliphatic imine (C=N–C) groups is 1. The zero-order chi connectivity index (χ0) is 28.7. The zero-order valence-electron chi connectivity index (χ0n) is 23.1. The number of carbonyl (C=O) groups excluding carboxylic acids is 1. The van der Waals surface area contributed by atoms with Crippen LogP contribution in [-0.4, -0.2) is 47.2 Å². The van der Waals surface area contributed by atoms with E-state index >= 15 is 0 Å². The minimum atomic E-state index is -0.511. The van der Waals surface area contributed by atoms with Gasteiger partial charge in [0.15, 0.2) is 0 Å². The molecule has 0 saturated heterocycles. The number of anilines is 1. The largest absolute Gasteiger partial charge is 0.477 e. The van der Waals surface area contributed by atoms with Crippen LogP contribution in [0.15, 0.2) is 59.7 Å². The highest BCUT2D eigenvalue weighted by atomic mass is 16.5. The molecule has 204 valence electrons. The van der Waals surface area contributed by atoms with Gasteiger partial charge in [0.1, 0.15) is 11.7 Å². The molecule has 3 aromatic rings. The van der Waals surface area contributed by atoms with Crippen LogP contribution in [0, 0.1) is 23.2 Å². The molecule has 1 aromatic heterocycles. The number of aryl methyl sites for hydroxylation is 1. The van der Waals surface area contributed by atoms with E-state index in [0.29, 0.717) is 17.5 Å². The zero-order valence-corrected chi connectivity index (χ0v) is 23.1. The number of nitrogens with two attached hydrogens (primary N) is 1. The summed E-state index contributed by atoms with van der Waals surface area (Å²) >= 11 is 0. The lowest BCUT2D eigenvalue weighted by Crippen LogP contribution is -2.33. The van der Waals surface area contributed by atoms with Crippen LogP contribution in [0.25, 0.3) is 11.1 Å². The Kier molecular flexibility index (Phi) is 9.32. The lowest BCUT2D eigenvalue weighted by molar-refractivity contribution is -0.116. The number of nitrogens with one attached hydrogen (secondary N) is 3. The number of amides is 1. The summed E-state index contributed by atoms with van der Waals surface area (Å²) < 4.78 is 5.11. The van der Waals surface area contributed by atoms with Gasteiger partial charge < -0.3 is 20.9 Å². The molecule has 39 heavy (non-hydrogen) atoms. The number of methoxy groups -OCH3 is 1. The van der Waals surface area contributed by atoms with Crippen LogP contribution in [0.5, 0.6) is 0 Å². The molecule has 0 spiro atoms. The summed E-state index contributed by atoms with van der Waals surface area (Å²) in [6.07, 6.45) is 2.28. The van der Waals surface area contributed by atoms with Gasteiger partial charge in [-0.2, -0.15) is 4.99 Å². The maximum absolute atomic E-state index is 12.6. The maximum Gasteiger partial charge on any atom is 0.307 e. The van der Waals surface area contributed by atoms with E-state index < -0.39 is 11.3 Å². The third-order valence-corrected chi connectivity index (χ3v) is 6.26. The van der Waals surface area contributed by atoms with Crippen molar-refractivity contribution in [3.8, 4) is 11.1 Å². The van der Waals surface area contributed by atoms with Gasteiger partial charge >= 0.3 is 5.91 Å². The third-order valence-electron chi connectivity index (χ3n) is 6.26. The topological polar surface area (TPSA) is 158 Å². The Balaban J connectivity index is 1.76. The second-order valence-corrected chi connectivity index (χ2v) is 10.2. The molecular formula is C30H36N6O3. The van der Waals surface area contributed by atoms with Crippen LogP contribution < -0.4 is 11.1 Å². The fourth-order valence-electron chi connectivity index (χ4n) is 3.74. The quantitative estimate of drug-likeness (QED) is 0.228. The van der Waals surface area contributed by atoms with Crippen molar-refractivity contribution in [3.63, 3.8) is 0 Å². The van der Waals surface area contributed by atoms with Crippen molar-refractivity contribution in [2.75, 3.05) is 19.5 Å². The Bertz CT molecular complexity index is 1410. The number of aromatic nitrogens is 1. The van der Waals surface area contributed by atoms with E-state index in [-0.39, 0.29) is 36.4 Å². The van der Waals surface area contributed by atoms with Crippen molar-refractivity contribution in [3.05, 3.63) is 82.5 Å². The molecule has 0 radical (unpaired) electrons. The van der Waals surface area contributed by atoms with Crippen LogP contribution in [0.3, 0.4) is 0 Å². The maximum atomic E-state index is 12.6. The molecule has 9 heteroatoms. The number of hydrogen-bond donors (Lipinski definition) is 5. The second kappa shape index (κ2) is 12.4. The van der Waals surface area contributed by atoms with Crippen molar-refractivity contribution in [2.45, 2.75) is 40.7 Å². The van der Waals surface area contributed by atoms with Crippen molar-refractivity contribution >= 4 is 29.2 Å². The van der Waals surface area contributed by atoms with E-state index in [4.69, 9.17) is 26.4 Å². The van der Waals surface area contributed by atoms with Crippen molar-refractivity contribution in [1.29, 1.82) is 10.8 Å². The van der Waals surface area contributed by atoms with Gasteiger partial charge in [-0.05, 0) is 47.7 Å². The number of carbonyl (C=O) groups is 1. The summed E-state index contributed by atoms with van der Waals surface area (Å²) in [7, 11) is 1.35. The number of nitrogens with zero attached hydrogens (tertiary/aromatic N) is 2. The molecular weight excluding hydrogens is 492 g/mol. The number of aliphatic hydroxyl groups excluding tert-OH is 1. The van der Waals surface area contributed by atoms with E-state index in [0.717, 1.165) is 27.8 Å². The van der Waals surface area contributed by atoms with Crippen LogP contribution >= 0.6 is 0 Å². The molecule has 3 rings (SSSR count). The first kappa shape index (κ1) is 29.2. The second-order valence-electron chi connectivity index (χ2n) is 10.2. The van der Waals surface area contributed by atoms with E-state index in [1.165, 1.54) is 7.11 Å². The molecule has 0 bridgehead atoms. The summed E-state index contributed by atoms with van der Waals surface area (Å²) in [6, 6.07) is 15.2. The predicted octanol–water partition coefficient (Wildman–Crippen LogP) is 4.27. The highest BCUT2D eigenvalue weighted by Gasteiger charge is 2.21. The molecule has 0 aliphatic rings. The number of nitrogen functional groups attached to an aromatic ring is 1. The fraction of sp³-hybridized carbons (Fsp3) is 0.300. The summed E-state index contributed by atoms with van der Waals surface area (Å²) in [5.41, 5.74) is 11.7. The Morgan fingerprint density at radius 2 is 1.79 bits per heavy atom. The molecule has 1 heterocycles. The van der Waals surface area contributed by atoms with Crippen molar-refractivity contribution < 1.29 is 14.6 Å². The van der Waals surface area contributed by atoms with E-state index in [9.17, 15) is 4.79 Å². The van der Waals surface area contributed by atoms with Gasteiger partial charge in [-0.1, -0.05) is 57.2 Å². The normalized spacial score (nSPS) is 11.7. The fourth-order valence-corrected chi connectivity index (χ4v) is 3.74. The van der Waals surface area contributed by atoms with Gasteiger partial charge in [-0.25, -0.2) is 4.98 Å². The first-order chi connectivity index (χ1) is 18.4. The number of pyridine rings is 1. The Morgan fingerprint density at radius 3 is 2.38 bits per heavy atom. The predicted molar refractivity (Wildman–Crippen MR) is 155 cm³/mol. The smallest absolute Gasteiger partial charge is 0.307 e. The first-order valence-corrected chi connectivity index (χ1v) is 12.6. The molecule has 0 atom stereocenters. The third kappa shape index (κ3) is 7.36. The molecule has 1 amide bonds. The number of amidine groups is 1. The molecule has 0 fully saturated rings. The Hall–Kier alpha value is -4.37. The van der Waals surface area contributed by atoms with Gasteiger partial charge in [0, 0.05) is 41.5 Å². The first-order valence-electron chi connectivity index (χ1n) is 12.6. The summed E-state index contributed by atoms with van der Waals surface area (Å²) in [6.45, 7) is 7.75. The average Bonchev–Trinajstić information content (AvgIpc) is 2.90. The van der Waals surface area contributed by atoms with E-state index in [2.05, 4.69) is 15.3 Å².